The third kappa shape index (κ3) is 5.42. The molecule has 1 aliphatic rings. The van der Waals surface area contributed by atoms with E-state index in [-0.39, 0.29) is 18.4 Å². The molecule has 1 aromatic heterocycles. The molecule has 2 aromatic carbocycles. The van der Waals surface area contributed by atoms with E-state index in [2.05, 4.69) is 17.1 Å². The molecule has 0 unspecified atom stereocenters. The van der Waals surface area contributed by atoms with Gasteiger partial charge in [0.15, 0.2) is 6.61 Å². The van der Waals surface area contributed by atoms with Gasteiger partial charge in [-0.15, -0.1) is 0 Å². The van der Waals surface area contributed by atoms with Gasteiger partial charge in [-0.1, -0.05) is 54.1 Å². The fourth-order valence-corrected chi connectivity index (χ4v) is 4.23. The van der Waals surface area contributed by atoms with Gasteiger partial charge >= 0.3 is 0 Å². The van der Waals surface area contributed by atoms with Crippen molar-refractivity contribution in [1.29, 1.82) is 0 Å². The normalized spacial score (nSPS) is 16.2. The highest BCUT2D eigenvalue weighted by molar-refractivity contribution is 6.32. The number of piperidine rings is 1. The van der Waals surface area contributed by atoms with Crippen molar-refractivity contribution in [3.63, 3.8) is 0 Å². The van der Waals surface area contributed by atoms with Crippen LogP contribution in [0.5, 0.6) is 5.75 Å². The number of nitrogens with zero attached hydrogens (tertiary/aromatic N) is 3. The fourth-order valence-electron chi connectivity index (χ4n) is 4.04. The average molecular weight is 436 g/mol. The van der Waals surface area contributed by atoms with Crippen LogP contribution in [0.1, 0.15) is 41.4 Å². The van der Waals surface area contributed by atoms with Crippen LogP contribution in [0.25, 0.3) is 0 Å². The second-order valence-corrected chi connectivity index (χ2v) is 8.30. The van der Waals surface area contributed by atoms with E-state index in [4.69, 9.17) is 21.3 Å². The van der Waals surface area contributed by atoms with Crippen LogP contribution in [0, 0.1) is 6.92 Å². The number of likely N-dealkylation sites (tertiary alicyclic amines) is 1. The lowest BCUT2D eigenvalue weighted by Crippen LogP contribution is -2.42. The van der Waals surface area contributed by atoms with Gasteiger partial charge < -0.3 is 9.64 Å². The molecule has 2 heterocycles. The number of aryl methyl sites for hydroxylation is 1. The Hall–Kier alpha value is -2.92. The van der Waals surface area contributed by atoms with Crippen molar-refractivity contribution < 1.29 is 9.53 Å². The summed E-state index contributed by atoms with van der Waals surface area (Å²) in [6, 6.07) is 17.5. The first-order chi connectivity index (χ1) is 15.1. The molecule has 1 atom stereocenters. The smallest absolute Gasteiger partial charge is 0.260 e. The Kier molecular flexibility index (Phi) is 6.82. The van der Waals surface area contributed by atoms with Gasteiger partial charge in [-0.3, -0.25) is 4.79 Å². The molecular weight excluding hydrogens is 410 g/mol. The first-order valence-electron chi connectivity index (χ1n) is 10.6. The molecule has 0 spiro atoms. The third-order valence-electron chi connectivity index (χ3n) is 5.60. The van der Waals surface area contributed by atoms with Gasteiger partial charge in [0.1, 0.15) is 11.6 Å². The monoisotopic (exact) mass is 435 g/mol. The van der Waals surface area contributed by atoms with E-state index in [0.29, 0.717) is 17.3 Å². The second kappa shape index (κ2) is 9.92. The summed E-state index contributed by atoms with van der Waals surface area (Å²) in [7, 11) is 0. The Balaban J connectivity index is 1.46. The lowest BCUT2D eigenvalue weighted by atomic mass is 9.90. The van der Waals surface area contributed by atoms with Crippen LogP contribution in [0.3, 0.4) is 0 Å². The summed E-state index contributed by atoms with van der Waals surface area (Å²) < 4.78 is 5.67. The molecule has 0 bridgehead atoms. The summed E-state index contributed by atoms with van der Waals surface area (Å²) in [5, 5.41) is 0.508. The zero-order valence-electron chi connectivity index (χ0n) is 17.6. The van der Waals surface area contributed by atoms with Gasteiger partial charge in [-0.05, 0) is 43.0 Å². The quantitative estimate of drug-likeness (QED) is 0.557. The Morgan fingerprint density at radius 2 is 1.94 bits per heavy atom. The number of carbonyl (C=O) groups excluding carboxylic acids is 1. The number of benzene rings is 2. The van der Waals surface area contributed by atoms with E-state index in [0.717, 1.165) is 42.9 Å². The second-order valence-electron chi connectivity index (χ2n) is 7.89. The highest BCUT2D eigenvalue weighted by Gasteiger charge is 2.28. The summed E-state index contributed by atoms with van der Waals surface area (Å²) >= 11 is 6.13. The van der Waals surface area contributed by atoms with Crippen LogP contribution in [-0.2, 0) is 11.2 Å². The molecule has 3 aromatic rings. The van der Waals surface area contributed by atoms with Crippen molar-refractivity contribution >= 4 is 17.5 Å². The number of hydrogen-bond donors (Lipinski definition) is 0. The molecule has 0 saturated carbocycles. The lowest BCUT2D eigenvalue weighted by Gasteiger charge is -2.33. The third-order valence-corrected chi connectivity index (χ3v) is 5.92. The van der Waals surface area contributed by atoms with Gasteiger partial charge in [-0.2, -0.15) is 0 Å². The van der Waals surface area contributed by atoms with E-state index in [1.165, 1.54) is 5.56 Å². The molecule has 160 valence electrons. The molecule has 31 heavy (non-hydrogen) atoms. The molecule has 0 N–H and O–H groups in total. The standard InChI is InChI=1S/C25H26ClN3O2/c1-18-27-15-21(14-19-8-3-2-4-9-19)25(28-18)20-10-7-13-29(16-20)24(30)17-31-23-12-6-5-11-22(23)26/h2-6,8-9,11-12,15,20H,7,10,13-14,16-17H2,1H3/t20-/m0/s1. The molecule has 1 aliphatic heterocycles. The van der Waals surface area contributed by atoms with Crippen molar-refractivity contribution in [2.24, 2.45) is 0 Å². The zero-order valence-corrected chi connectivity index (χ0v) is 18.4. The average Bonchev–Trinajstić information content (AvgIpc) is 2.80. The van der Waals surface area contributed by atoms with Crippen LogP contribution in [-0.4, -0.2) is 40.5 Å². The maximum Gasteiger partial charge on any atom is 0.260 e. The highest BCUT2D eigenvalue weighted by Crippen LogP contribution is 2.29. The largest absolute Gasteiger partial charge is 0.482 e. The first kappa shape index (κ1) is 21.3. The minimum atomic E-state index is -0.0278. The summed E-state index contributed by atoms with van der Waals surface area (Å²) in [5.74, 6) is 1.46. The summed E-state index contributed by atoms with van der Waals surface area (Å²) in [5.41, 5.74) is 3.41. The number of hydrogen-bond acceptors (Lipinski definition) is 4. The zero-order chi connectivity index (χ0) is 21.6. The van der Waals surface area contributed by atoms with E-state index < -0.39 is 0 Å². The summed E-state index contributed by atoms with van der Waals surface area (Å²) in [4.78, 5) is 23.9. The van der Waals surface area contributed by atoms with Crippen LogP contribution in [0.15, 0.2) is 60.8 Å². The van der Waals surface area contributed by atoms with Gasteiger partial charge in [-0.25, -0.2) is 9.97 Å². The Morgan fingerprint density at radius 1 is 1.16 bits per heavy atom. The van der Waals surface area contributed by atoms with Gasteiger partial charge in [0.05, 0.1) is 10.7 Å². The molecular formula is C25H26ClN3O2. The molecule has 4 rings (SSSR count). The fraction of sp³-hybridized carbons (Fsp3) is 0.320. The number of carbonyl (C=O) groups is 1. The first-order valence-corrected chi connectivity index (χ1v) is 11.0. The number of para-hydroxylation sites is 1. The van der Waals surface area contributed by atoms with Crippen molar-refractivity contribution in [2.75, 3.05) is 19.7 Å². The predicted molar refractivity (Wildman–Crippen MR) is 122 cm³/mol. The van der Waals surface area contributed by atoms with E-state index >= 15 is 0 Å². The highest BCUT2D eigenvalue weighted by atomic mass is 35.5. The van der Waals surface area contributed by atoms with E-state index in [1.54, 1.807) is 12.1 Å². The molecule has 1 amide bonds. The van der Waals surface area contributed by atoms with Gasteiger partial charge in [0.2, 0.25) is 0 Å². The van der Waals surface area contributed by atoms with Crippen molar-refractivity contribution in [3.05, 3.63) is 88.5 Å². The number of amides is 1. The number of rotatable bonds is 6. The van der Waals surface area contributed by atoms with Gasteiger partial charge in [0.25, 0.3) is 5.91 Å². The molecule has 1 saturated heterocycles. The SMILES string of the molecule is Cc1ncc(Cc2ccccc2)c([C@H]2CCCN(C(=O)COc3ccccc3Cl)C2)n1. The molecule has 0 radical (unpaired) electrons. The van der Waals surface area contributed by atoms with Crippen LogP contribution in [0.4, 0.5) is 0 Å². The Bertz CT molecular complexity index is 1040. The lowest BCUT2D eigenvalue weighted by molar-refractivity contribution is -0.134. The van der Waals surface area contributed by atoms with E-state index in [9.17, 15) is 4.79 Å². The van der Waals surface area contributed by atoms with Crippen molar-refractivity contribution in [1.82, 2.24) is 14.9 Å². The number of ether oxygens (including phenoxy) is 1. The van der Waals surface area contributed by atoms with Crippen molar-refractivity contribution in [3.8, 4) is 5.75 Å². The minimum absolute atomic E-state index is 0.0177. The van der Waals surface area contributed by atoms with Crippen LogP contribution in [0.2, 0.25) is 5.02 Å². The summed E-state index contributed by atoms with van der Waals surface area (Å²) in [6.45, 7) is 3.28. The molecule has 1 fully saturated rings. The molecule has 6 heteroatoms. The Morgan fingerprint density at radius 3 is 2.74 bits per heavy atom. The van der Waals surface area contributed by atoms with E-state index in [1.807, 2.05) is 48.4 Å². The maximum atomic E-state index is 12.8. The predicted octanol–water partition coefficient (Wildman–Crippen LogP) is 4.81. The van der Waals surface area contributed by atoms with Crippen LogP contribution >= 0.6 is 11.6 Å². The van der Waals surface area contributed by atoms with Crippen molar-refractivity contribution in [2.45, 2.75) is 32.1 Å². The topological polar surface area (TPSA) is 55.3 Å². The molecule has 0 aliphatic carbocycles. The molecule has 5 nitrogen and oxygen atoms in total. The maximum absolute atomic E-state index is 12.8. The Labute approximate surface area is 188 Å². The number of halogens is 1. The number of aromatic nitrogens is 2. The van der Waals surface area contributed by atoms with Crippen LogP contribution < -0.4 is 4.74 Å². The minimum Gasteiger partial charge on any atom is -0.482 e. The summed E-state index contributed by atoms with van der Waals surface area (Å²) in [6.07, 6.45) is 4.67. The van der Waals surface area contributed by atoms with Gasteiger partial charge in [0, 0.05) is 31.6 Å².